The minimum atomic E-state index is -0.0550. The van der Waals surface area contributed by atoms with Crippen LogP contribution in [0.2, 0.25) is 0 Å². The predicted molar refractivity (Wildman–Crippen MR) is 90.5 cm³/mol. The Morgan fingerprint density at radius 3 is 2.75 bits per heavy atom. The summed E-state index contributed by atoms with van der Waals surface area (Å²) in [5, 5.41) is 0. The van der Waals surface area contributed by atoms with Crippen LogP contribution in [-0.4, -0.2) is 72.8 Å². The van der Waals surface area contributed by atoms with E-state index in [1.165, 1.54) is 5.56 Å². The number of carbonyl (C=O) groups excluding carboxylic acids is 1. The molecule has 1 unspecified atom stereocenters. The summed E-state index contributed by atoms with van der Waals surface area (Å²) in [5.41, 5.74) is 1.25. The molecular weight excluding hydrogens is 306 g/mol. The van der Waals surface area contributed by atoms with Crippen molar-refractivity contribution in [1.82, 2.24) is 14.8 Å². The van der Waals surface area contributed by atoms with Crippen LogP contribution in [0.25, 0.3) is 0 Å². The van der Waals surface area contributed by atoms with Crippen molar-refractivity contribution in [3.05, 3.63) is 30.1 Å². The van der Waals surface area contributed by atoms with Crippen molar-refractivity contribution in [2.45, 2.75) is 37.5 Å². The molecule has 0 aliphatic carbocycles. The van der Waals surface area contributed by atoms with Crippen molar-refractivity contribution in [2.75, 3.05) is 40.4 Å². The van der Waals surface area contributed by atoms with Crippen molar-refractivity contribution in [3.8, 4) is 0 Å². The first-order valence-electron chi connectivity index (χ1n) is 8.63. The van der Waals surface area contributed by atoms with Crippen LogP contribution >= 0.6 is 0 Å². The van der Waals surface area contributed by atoms with Gasteiger partial charge in [-0.15, -0.1) is 0 Å². The number of ether oxygens (including phenoxy) is 2. The summed E-state index contributed by atoms with van der Waals surface area (Å²) in [5.74, 6) is 0.00289. The molecule has 1 spiro atoms. The molecule has 0 bridgehead atoms. The van der Waals surface area contributed by atoms with Crippen molar-refractivity contribution < 1.29 is 14.3 Å². The molecule has 3 heterocycles. The molecule has 2 aliphatic heterocycles. The van der Waals surface area contributed by atoms with Gasteiger partial charge in [0.1, 0.15) is 6.61 Å². The van der Waals surface area contributed by atoms with Gasteiger partial charge in [-0.1, -0.05) is 0 Å². The molecule has 1 aromatic rings. The van der Waals surface area contributed by atoms with E-state index >= 15 is 0 Å². The van der Waals surface area contributed by atoms with Crippen LogP contribution in [-0.2, 0) is 20.8 Å². The Balaban J connectivity index is 1.44. The Labute approximate surface area is 143 Å². The number of piperidine rings is 1. The second-order valence-electron chi connectivity index (χ2n) is 7.05. The van der Waals surface area contributed by atoms with Crippen LogP contribution < -0.4 is 0 Å². The van der Waals surface area contributed by atoms with Gasteiger partial charge in [0.05, 0.1) is 18.3 Å². The maximum atomic E-state index is 11.6. The van der Waals surface area contributed by atoms with Crippen LogP contribution in [0.5, 0.6) is 0 Å². The van der Waals surface area contributed by atoms with Gasteiger partial charge in [0, 0.05) is 52.5 Å². The molecular formula is C18H27N3O3. The van der Waals surface area contributed by atoms with Crippen LogP contribution in [0.15, 0.2) is 24.5 Å². The molecule has 24 heavy (non-hydrogen) atoms. The minimum absolute atomic E-state index is 0.00289. The Kier molecular flexibility index (Phi) is 5.48. The third-order valence-electron chi connectivity index (χ3n) is 5.04. The van der Waals surface area contributed by atoms with Gasteiger partial charge in [-0.05, 0) is 30.5 Å². The highest BCUT2D eigenvalue weighted by Crippen LogP contribution is 2.37. The molecule has 0 aromatic carbocycles. The second-order valence-corrected chi connectivity index (χ2v) is 7.05. The largest absolute Gasteiger partial charge is 0.372 e. The van der Waals surface area contributed by atoms with Gasteiger partial charge in [0.2, 0.25) is 5.91 Å². The molecule has 132 valence electrons. The molecule has 2 saturated heterocycles. The highest BCUT2D eigenvalue weighted by molar-refractivity contribution is 5.76. The zero-order valence-electron chi connectivity index (χ0n) is 14.6. The molecule has 0 N–H and O–H groups in total. The van der Waals surface area contributed by atoms with Gasteiger partial charge in [0.25, 0.3) is 0 Å². The van der Waals surface area contributed by atoms with E-state index in [4.69, 9.17) is 9.47 Å². The highest BCUT2D eigenvalue weighted by Gasteiger charge is 2.43. The van der Waals surface area contributed by atoms with Gasteiger partial charge in [-0.25, -0.2) is 0 Å². The monoisotopic (exact) mass is 333 g/mol. The molecule has 6 nitrogen and oxygen atoms in total. The van der Waals surface area contributed by atoms with E-state index in [0.717, 1.165) is 38.9 Å². The molecule has 1 atom stereocenters. The van der Waals surface area contributed by atoms with Crippen LogP contribution in [0.1, 0.15) is 24.8 Å². The van der Waals surface area contributed by atoms with E-state index in [2.05, 4.69) is 22.0 Å². The fraction of sp³-hybridized carbons (Fsp3) is 0.667. The van der Waals surface area contributed by atoms with Gasteiger partial charge in [-0.2, -0.15) is 0 Å². The van der Waals surface area contributed by atoms with Crippen LogP contribution in [0, 0.1) is 0 Å². The minimum Gasteiger partial charge on any atom is -0.372 e. The fourth-order valence-electron chi connectivity index (χ4n) is 3.44. The number of hydrogen-bond acceptors (Lipinski definition) is 5. The Morgan fingerprint density at radius 2 is 2.08 bits per heavy atom. The predicted octanol–water partition coefficient (Wildman–Crippen LogP) is 1.31. The molecule has 2 aliphatic rings. The lowest BCUT2D eigenvalue weighted by Crippen LogP contribution is -2.44. The lowest BCUT2D eigenvalue weighted by atomic mass is 9.88. The molecule has 0 radical (unpaired) electrons. The highest BCUT2D eigenvalue weighted by atomic mass is 16.6. The summed E-state index contributed by atoms with van der Waals surface area (Å²) in [7, 11) is 3.49. The van der Waals surface area contributed by atoms with E-state index in [-0.39, 0.29) is 24.2 Å². The van der Waals surface area contributed by atoms with E-state index in [0.29, 0.717) is 6.61 Å². The van der Waals surface area contributed by atoms with Crippen LogP contribution in [0.3, 0.4) is 0 Å². The summed E-state index contributed by atoms with van der Waals surface area (Å²) in [6.07, 6.45) is 6.69. The molecule has 3 rings (SSSR count). The van der Waals surface area contributed by atoms with E-state index in [1.807, 2.05) is 12.4 Å². The molecule has 1 amide bonds. The number of carbonyl (C=O) groups is 1. The molecule has 2 fully saturated rings. The average molecular weight is 333 g/mol. The standard InChI is InChI=1S/C18H27N3O3/c1-20(2)17(22)14-23-16-11-18(24-13-16)5-9-21(10-6-18)12-15-3-7-19-8-4-15/h3-4,7-8,16H,5-6,9-14H2,1-2H3. The van der Waals surface area contributed by atoms with E-state index in [1.54, 1.807) is 19.0 Å². The lowest BCUT2D eigenvalue weighted by molar-refractivity contribution is -0.135. The summed E-state index contributed by atoms with van der Waals surface area (Å²) in [6, 6.07) is 4.14. The Bertz CT molecular complexity index is 542. The average Bonchev–Trinajstić information content (AvgIpc) is 2.99. The summed E-state index contributed by atoms with van der Waals surface area (Å²) >= 11 is 0. The molecule has 1 aromatic heterocycles. The van der Waals surface area contributed by atoms with Gasteiger partial charge in [-0.3, -0.25) is 14.7 Å². The maximum absolute atomic E-state index is 11.6. The fourth-order valence-corrected chi connectivity index (χ4v) is 3.44. The quantitative estimate of drug-likeness (QED) is 0.813. The normalized spacial score (nSPS) is 23.5. The molecule has 0 saturated carbocycles. The number of pyridine rings is 1. The number of amides is 1. The number of aromatic nitrogens is 1. The lowest BCUT2D eigenvalue weighted by Gasteiger charge is -2.38. The van der Waals surface area contributed by atoms with Crippen molar-refractivity contribution in [2.24, 2.45) is 0 Å². The van der Waals surface area contributed by atoms with Crippen molar-refractivity contribution in [3.63, 3.8) is 0 Å². The van der Waals surface area contributed by atoms with Crippen molar-refractivity contribution >= 4 is 5.91 Å². The topological polar surface area (TPSA) is 54.9 Å². The van der Waals surface area contributed by atoms with Crippen molar-refractivity contribution in [1.29, 1.82) is 0 Å². The summed E-state index contributed by atoms with van der Waals surface area (Å²) < 4.78 is 11.8. The summed E-state index contributed by atoms with van der Waals surface area (Å²) in [6.45, 7) is 3.78. The zero-order valence-corrected chi connectivity index (χ0v) is 14.6. The Hall–Kier alpha value is -1.50. The first-order valence-corrected chi connectivity index (χ1v) is 8.63. The van der Waals surface area contributed by atoms with E-state index in [9.17, 15) is 4.79 Å². The van der Waals surface area contributed by atoms with Gasteiger partial charge < -0.3 is 14.4 Å². The maximum Gasteiger partial charge on any atom is 0.248 e. The smallest absolute Gasteiger partial charge is 0.248 e. The Morgan fingerprint density at radius 1 is 1.38 bits per heavy atom. The molecule has 6 heteroatoms. The number of likely N-dealkylation sites (N-methyl/N-ethyl adjacent to an activating group) is 1. The number of hydrogen-bond donors (Lipinski definition) is 0. The second kappa shape index (κ2) is 7.59. The first kappa shape index (κ1) is 17.3. The third kappa shape index (κ3) is 4.32. The summed E-state index contributed by atoms with van der Waals surface area (Å²) in [4.78, 5) is 19.7. The zero-order chi connectivity index (χ0) is 17.0. The first-order chi connectivity index (χ1) is 11.6. The van der Waals surface area contributed by atoms with Gasteiger partial charge in [0.15, 0.2) is 0 Å². The number of likely N-dealkylation sites (tertiary alicyclic amines) is 1. The van der Waals surface area contributed by atoms with Gasteiger partial charge >= 0.3 is 0 Å². The number of rotatable bonds is 5. The third-order valence-corrected chi connectivity index (χ3v) is 5.04. The van der Waals surface area contributed by atoms with E-state index < -0.39 is 0 Å². The van der Waals surface area contributed by atoms with Crippen LogP contribution in [0.4, 0.5) is 0 Å². The number of nitrogens with zero attached hydrogens (tertiary/aromatic N) is 3. The SMILES string of the molecule is CN(C)C(=O)COC1COC2(CCN(Cc3ccncc3)CC2)C1.